The SMILES string of the molecule is Cn1nc(C(C)(C)C)cc1NC(=O)CCn1c(=O)oc2ccccc21. The molecule has 0 spiro atoms. The highest BCUT2D eigenvalue weighted by Gasteiger charge is 2.19. The van der Waals surface area contributed by atoms with Crippen LogP contribution in [0.4, 0.5) is 5.82 Å². The Balaban J connectivity index is 1.70. The zero-order valence-electron chi connectivity index (χ0n) is 14.9. The van der Waals surface area contributed by atoms with Crippen LogP contribution in [0, 0.1) is 0 Å². The van der Waals surface area contributed by atoms with Crippen molar-refractivity contribution >= 4 is 22.8 Å². The van der Waals surface area contributed by atoms with E-state index >= 15 is 0 Å². The molecule has 0 saturated carbocycles. The van der Waals surface area contributed by atoms with Gasteiger partial charge in [-0.25, -0.2) is 4.79 Å². The normalized spacial score (nSPS) is 11.8. The van der Waals surface area contributed by atoms with Crippen molar-refractivity contribution in [2.75, 3.05) is 5.32 Å². The van der Waals surface area contributed by atoms with E-state index in [0.717, 1.165) is 5.69 Å². The number of hydrogen-bond donors (Lipinski definition) is 1. The number of carbonyl (C=O) groups excluding carboxylic acids is 1. The van der Waals surface area contributed by atoms with E-state index in [1.54, 1.807) is 29.9 Å². The highest BCUT2D eigenvalue weighted by Crippen LogP contribution is 2.23. The number of aryl methyl sites for hydroxylation is 2. The molecule has 3 rings (SSSR count). The van der Waals surface area contributed by atoms with Crippen LogP contribution < -0.4 is 11.1 Å². The molecule has 0 radical (unpaired) electrons. The first-order chi connectivity index (χ1) is 11.8. The standard InChI is InChI=1S/C18H22N4O3/c1-18(2,3)14-11-15(21(4)20-14)19-16(23)9-10-22-12-7-5-6-8-13(12)25-17(22)24/h5-8,11H,9-10H2,1-4H3,(H,19,23). The fourth-order valence-electron chi connectivity index (χ4n) is 2.60. The Morgan fingerprint density at radius 2 is 2.00 bits per heavy atom. The molecule has 0 atom stereocenters. The van der Waals surface area contributed by atoms with Crippen molar-refractivity contribution in [3.8, 4) is 0 Å². The third kappa shape index (κ3) is 3.50. The second kappa shape index (κ2) is 6.23. The summed E-state index contributed by atoms with van der Waals surface area (Å²) < 4.78 is 8.29. The number of nitrogens with one attached hydrogen (secondary N) is 1. The molecule has 0 fully saturated rings. The molecule has 0 bridgehead atoms. The average molecular weight is 342 g/mol. The Morgan fingerprint density at radius 1 is 1.28 bits per heavy atom. The number of anilines is 1. The third-order valence-corrected chi connectivity index (χ3v) is 4.05. The van der Waals surface area contributed by atoms with Crippen molar-refractivity contribution in [3.05, 3.63) is 46.6 Å². The molecular formula is C18H22N4O3. The van der Waals surface area contributed by atoms with E-state index in [-0.39, 0.29) is 24.3 Å². The summed E-state index contributed by atoms with van der Waals surface area (Å²) in [7, 11) is 1.79. The van der Waals surface area contributed by atoms with Crippen LogP contribution in [0.5, 0.6) is 0 Å². The molecule has 0 saturated heterocycles. The number of rotatable bonds is 4. The molecule has 0 aliphatic carbocycles. The van der Waals surface area contributed by atoms with E-state index in [0.29, 0.717) is 16.9 Å². The molecule has 0 aliphatic rings. The topological polar surface area (TPSA) is 82.1 Å². The molecule has 7 heteroatoms. The molecule has 1 aromatic carbocycles. The Morgan fingerprint density at radius 3 is 2.68 bits per heavy atom. The lowest BCUT2D eigenvalue weighted by atomic mass is 9.92. The molecule has 132 valence electrons. The molecule has 25 heavy (non-hydrogen) atoms. The fraction of sp³-hybridized carbons (Fsp3) is 0.389. The van der Waals surface area contributed by atoms with Crippen molar-refractivity contribution < 1.29 is 9.21 Å². The Kier molecular flexibility index (Phi) is 4.24. The molecule has 2 aromatic heterocycles. The smallest absolute Gasteiger partial charge is 0.408 e. The molecule has 2 heterocycles. The van der Waals surface area contributed by atoms with Crippen LogP contribution in [0.25, 0.3) is 11.1 Å². The summed E-state index contributed by atoms with van der Waals surface area (Å²) in [5.74, 6) is 0.00418. The van der Waals surface area contributed by atoms with E-state index in [1.165, 1.54) is 4.57 Å². The lowest BCUT2D eigenvalue weighted by molar-refractivity contribution is -0.116. The van der Waals surface area contributed by atoms with Gasteiger partial charge >= 0.3 is 5.76 Å². The van der Waals surface area contributed by atoms with E-state index in [4.69, 9.17) is 4.42 Å². The monoisotopic (exact) mass is 342 g/mol. The van der Waals surface area contributed by atoms with Crippen LogP contribution >= 0.6 is 0 Å². The number of hydrogen-bond acceptors (Lipinski definition) is 4. The lowest BCUT2D eigenvalue weighted by Crippen LogP contribution is -2.20. The minimum Gasteiger partial charge on any atom is -0.408 e. The van der Waals surface area contributed by atoms with Crippen molar-refractivity contribution in [2.24, 2.45) is 7.05 Å². The van der Waals surface area contributed by atoms with Crippen LogP contribution in [0.15, 0.2) is 39.5 Å². The summed E-state index contributed by atoms with van der Waals surface area (Å²) in [4.78, 5) is 24.2. The first-order valence-corrected chi connectivity index (χ1v) is 8.18. The predicted octanol–water partition coefficient (Wildman–Crippen LogP) is 2.65. The summed E-state index contributed by atoms with van der Waals surface area (Å²) in [6.07, 6.45) is 0.166. The number of fused-ring (bicyclic) bond motifs is 1. The van der Waals surface area contributed by atoms with Crippen LogP contribution in [-0.2, 0) is 23.8 Å². The third-order valence-electron chi connectivity index (χ3n) is 4.05. The van der Waals surface area contributed by atoms with Crippen molar-refractivity contribution in [1.29, 1.82) is 0 Å². The fourth-order valence-corrected chi connectivity index (χ4v) is 2.60. The van der Waals surface area contributed by atoms with Gasteiger partial charge in [0.05, 0.1) is 11.2 Å². The maximum Gasteiger partial charge on any atom is 0.419 e. The number of nitrogens with zero attached hydrogens (tertiary/aromatic N) is 3. The Bertz CT molecular complexity index is 972. The zero-order valence-corrected chi connectivity index (χ0v) is 14.9. The second-order valence-electron chi connectivity index (χ2n) is 7.07. The van der Waals surface area contributed by atoms with Gasteiger partial charge < -0.3 is 9.73 Å². The Hall–Kier alpha value is -2.83. The molecule has 7 nitrogen and oxygen atoms in total. The average Bonchev–Trinajstić information content (AvgIpc) is 3.05. The predicted molar refractivity (Wildman–Crippen MR) is 95.6 cm³/mol. The van der Waals surface area contributed by atoms with E-state index in [2.05, 4.69) is 31.2 Å². The van der Waals surface area contributed by atoms with Crippen molar-refractivity contribution in [3.63, 3.8) is 0 Å². The van der Waals surface area contributed by atoms with Gasteiger partial charge in [0.1, 0.15) is 5.82 Å². The van der Waals surface area contributed by atoms with Crippen molar-refractivity contribution in [2.45, 2.75) is 39.2 Å². The minimum absolute atomic E-state index is 0.0935. The van der Waals surface area contributed by atoms with Crippen LogP contribution in [-0.4, -0.2) is 20.3 Å². The van der Waals surface area contributed by atoms with Crippen LogP contribution in [0.2, 0.25) is 0 Å². The largest absolute Gasteiger partial charge is 0.419 e. The number of benzene rings is 1. The Labute approximate surface area is 145 Å². The molecule has 1 amide bonds. The first-order valence-electron chi connectivity index (χ1n) is 8.18. The lowest BCUT2D eigenvalue weighted by Gasteiger charge is -2.13. The van der Waals surface area contributed by atoms with Gasteiger partial charge in [-0.1, -0.05) is 32.9 Å². The summed E-state index contributed by atoms with van der Waals surface area (Å²) in [5.41, 5.74) is 2.02. The number of carbonyl (C=O) groups is 1. The van der Waals surface area contributed by atoms with Gasteiger partial charge in [0.2, 0.25) is 5.91 Å². The molecule has 1 N–H and O–H groups in total. The summed E-state index contributed by atoms with van der Waals surface area (Å²) in [6.45, 7) is 6.46. The zero-order chi connectivity index (χ0) is 18.2. The maximum absolute atomic E-state index is 12.3. The molecular weight excluding hydrogens is 320 g/mol. The van der Waals surface area contributed by atoms with Gasteiger partial charge in [-0.2, -0.15) is 5.10 Å². The summed E-state index contributed by atoms with van der Waals surface area (Å²) in [6, 6.07) is 9.04. The van der Waals surface area contributed by atoms with Gasteiger partial charge in [-0.05, 0) is 12.1 Å². The van der Waals surface area contributed by atoms with Crippen molar-refractivity contribution in [1.82, 2.24) is 14.3 Å². The van der Waals surface area contributed by atoms with E-state index in [9.17, 15) is 9.59 Å². The van der Waals surface area contributed by atoms with Gasteiger partial charge in [0.25, 0.3) is 0 Å². The first kappa shape index (κ1) is 17.0. The molecule has 3 aromatic rings. The summed E-state index contributed by atoms with van der Waals surface area (Å²) >= 11 is 0. The maximum atomic E-state index is 12.3. The molecule has 0 aliphatic heterocycles. The van der Waals surface area contributed by atoms with E-state index < -0.39 is 5.76 Å². The highest BCUT2D eigenvalue weighted by atomic mass is 16.4. The van der Waals surface area contributed by atoms with E-state index in [1.807, 2.05) is 12.1 Å². The number of aromatic nitrogens is 3. The number of para-hydroxylation sites is 2. The quantitative estimate of drug-likeness (QED) is 0.790. The van der Waals surface area contributed by atoms with Gasteiger partial charge in [0.15, 0.2) is 5.58 Å². The summed E-state index contributed by atoms with van der Waals surface area (Å²) in [5, 5.41) is 7.28. The number of amides is 1. The van der Waals surface area contributed by atoms with Gasteiger partial charge in [-0.15, -0.1) is 0 Å². The van der Waals surface area contributed by atoms with Crippen LogP contribution in [0.1, 0.15) is 32.9 Å². The van der Waals surface area contributed by atoms with Gasteiger partial charge in [0, 0.05) is 31.5 Å². The number of oxazole rings is 1. The van der Waals surface area contributed by atoms with Crippen LogP contribution in [0.3, 0.4) is 0 Å². The second-order valence-corrected chi connectivity index (χ2v) is 7.07. The highest BCUT2D eigenvalue weighted by molar-refractivity contribution is 5.90. The van der Waals surface area contributed by atoms with Gasteiger partial charge in [-0.3, -0.25) is 14.0 Å². The molecule has 0 unspecified atom stereocenters. The minimum atomic E-state index is -0.454.